The quantitative estimate of drug-likeness (QED) is 0.671. The molecule has 1 aromatic heterocycles. The van der Waals surface area contributed by atoms with Crippen molar-refractivity contribution in [3.05, 3.63) is 52.4 Å². The highest BCUT2D eigenvalue weighted by atomic mass is 79.9. The minimum Gasteiger partial charge on any atom is -0.461 e. The van der Waals surface area contributed by atoms with Gasteiger partial charge in [0.2, 0.25) is 5.78 Å². The van der Waals surface area contributed by atoms with E-state index < -0.39 is 0 Å². The van der Waals surface area contributed by atoms with Crippen molar-refractivity contribution < 1.29 is 9.21 Å². The molecule has 1 aromatic carbocycles. The lowest BCUT2D eigenvalue weighted by atomic mass is 10.1. The number of nitrogens with two attached hydrogens (primary N) is 1. The Kier molecular flexibility index (Phi) is 2.60. The maximum absolute atomic E-state index is 11.8. The average molecular weight is 266 g/mol. The first-order valence-corrected chi connectivity index (χ1v) is 5.10. The van der Waals surface area contributed by atoms with E-state index in [4.69, 9.17) is 10.2 Å². The number of hydrogen-bond acceptors (Lipinski definition) is 3. The Labute approximate surface area is 95.0 Å². The lowest BCUT2D eigenvalue weighted by Crippen LogP contribution is -2.00. The zero-order valence-electron chi connectivity index (χ0n) is 7.74. The topological polar surface area (TPSA) is 56.2 Å². The van der Waals surface area contributed by atoms with Gasteiger partial charge in [-0.15, -0.1) is 0 Å². The number of halogens is 1. The maximum atomic E-state index is 11.8. The maximum Gasteiger partial charge on any atom is 0.228 e. The van der Waals surface area contributed by atoms with E-state index in [9.17, 15) is 4.79 Å². The van der Waals surface area contributed by atoms with Crippen molar-refractivity contribution in [1.29, 1.82) is 0 Å². The molecule has 0 bridgehead atoms. The number of carbonyl (C=O) groups excluding carboxylic acids is 1. The molecule has 0 aliphatic rings. The van der Waals surface area contributed by atoms with E-state index in [0.717, 1.165) is 4.47 Å². The molecule has 1 heterocycles. The second-order valence-electron chi connectivity index (χ2n) is 3.08. The minimum atomic E-state index is -0.173. The normalized spacial score (nSPS) is 10.2. The molecule has 2 aromatic rings. The summed E-state index contributed by atoms with van der Waals surface area (Å²) in [5.74, 6) is 0.139. The Morgan fingerprint density at radius 3 is 2.73 bits per heavy atom. The number of benzene rings is 1. The number of hydrogen-bond donors (Lipinski definition) is 1. The Bertz CT molecular complexity index is 471. The average Bonchev–Trinajstić information content (AvgIpc) is 2.67. The number of nitrogen functional groups attached to an aromatic ring is 1. The van der Waals surface area contributed by atoms with Gasteiger partial charge in [0.25, 0.3) is 0 Å². The first-order valence-electron chi connectivity index (χ1n) is 4.31. The van der Waals surface area contributed by atoms with Gasteiger partial charge >= 0.3 is 0 Å². The van der Waals surface area contributed by atoms with E-state index in [1.807, 2.05) is 0 Å². The predicted molar refractivity (Wildman–Crippen MR) is 60.7 cm³/mol. The lowest BCUT2D eigenvalue weighted by Gasteiger charge is -2.00. The summed E-state index contributed by atoms with van der Waals surface area (Å²) in [4.78, 5) is 11.8. The zero-order valence-corrected chi connectivity index (χ0v) is 9.32. The van der Waals surface area contributed by atoms with E-state index in [-0.39, 0.29) is 5.78 Å². The van der Waals surface area contributed by atoms with Crippen molar-refractivity contribution >= 4 is 27.4 Å². The summed E-state index contributed by atoms with van der Waals surface area (Å²) in [6, 6.07) is 8.36. The highest BCUT2D eigenvalue weighted by molar-refractivity contribution is 9.10. The molecule has 2 N–H and O–H groups in total. The van der Waals surface area contributed by atoms with Gasteiger partial charge in [0.05, 0.1) is 6.26 Å². The van der Waals surface area contributed by atoms with E-state index in [1.165, 1.54) is 6.26 Å². The largest absolute Gasteiger partial charge is 0.461 e. The highest BCUT2D eigenvalue weighted by Crippen LogP contribution is 2.19. The number of carbonyl (C=O) groups is 1. The van der Waals surface area contributed by atoms with Crippen LogP contribution in [0.1, 0.15) is 16.1 Å². The molecule has 3 nitrogen and oxygen atoms in total. The molecule has 4 heteroatoms. The number of anilines is 1. The third kappa shape index (κ3) is 2.10. The molecule has 0 aliphatic heterocycles. The van der Waals surface area contributed by atoms with Gasteiger partial charge < -0.3 is 10.2 Å². The number of rotatable bonds is 2. The fraction of sp³-hybridized carbons (Fsp3) is 0. The molecule has 0 radical (unpaired) electrons. The minimum absolute atomic E-state index is 0.173. The van der Waals surface area contributed by atoms with Gasteiger partial charge in [-0.2, -0.15) is 0 Å². The fourth-order valence-electron chi connectivity index (χ4n) is 1.29. The lowest BCUT2D eigenvalue weighted by molar-refractivity contribution is 0.101. The summed E-state index contributed by atoms with van der Waals surface area (Å²) >= 11 is 3.28. The molecule has 0 atom stereocenters. The van der Waals surface area contributed by atoms with Crippen LogP contribution in [0.15, 0.2) is 45.5 Å². The molecule has 0 saturated carbocycles. The Balaban J connectivity index is 2.42. The predicted octanol–water partition coefficient (Wildman–Crippen LogP) is 2.86. The molecule has 15 heavy (non-hydrogen) atoms. The first kappa shape index (κ1) is 9.98. The molecule has 0 aliphatic carbocycles. The van der Waals surface area contributed by atoms with Crippen LogP contribution >= 0.6 is 15.9 Å². The highest BCUT2D eigenvalue weighted by Gasteiger charge is 2.12. The van der Waals surface area contributed by atoms with Gasteiger partial charge in [-0.3, -0.25) is 4.79 Å². The monoisotopic (exact) mass is 265 g/mol. The van der Waals surface area contributed by atoms with Crippen LogP contribution in [0.4, 0.5) is 5.69 Å². The van der Waals surface area contributed by atoms with Gasteiger partial charge in [-0.05, 0) is 30.3 Å². The van der Waals surface area contributed by atoms with Crippen LogP contribution in [0, 0.1) is 0 Å². The van der Waals surface area contributed by atoms with Crippen LogP contribution in [-0.2, 0) is 0 Å². The fourth-order valence-corrected chi connectivity index (χ4v) is 1.80. The molecule has 0 saturated heterocycles. The van der Waals surface area contributed by atoms with E-state index >= 15 is 0 Å². The Hall–Kier alpha value is -1.55. The molecular weight excluding hydrogens is 258 g/mol. The van der Waals surface area contributed by atoms with Crippen LogP contribution in [0.2, 0.25) is 0 Å². The van der Waals surface area contributed by atoms with Crippen molar-refractivity contribution in [2.75, 3.05) is 5.73 Å². The van der Waals surface area contributed by atoms with Crippen LogP contribution < -0.4 is 5.73 Å². The van der Waals surface area contributed by atoms with Gasteiger partial charge in [-0.25, -0.2) is 0 Å². The Morgan fingerprint density at radius 2 is 2.13 bits per heavy atom. The van der Waals surface area contributed by atoms with E-state index in [2.05, 4.69) is 15.9 Å². The smallest absolute Gasteiger partial charge is 0.228 e. The van der Waals surface area contributed by atoms with E-state index in [0.29, 0.717) is 17.0 Å². The summed E-state index contributed by atoms with van der Waals surface area (Å²) in [5.41, 5.74) is 6.69. The summed E-state index contributed by atoms with van der Waals surface area (Å²) < 4.78 is 5.80. The Morgan fingerprint density at radius 1 is 1.33 bits per heavy atom. The van der Waals surface area contributed by atoms with Crippen LogP contribution in [0.3, 0.4) is 0 Å². The molecule has 2 rings (SSSR count). The zero-order chi connectivity index (χ0) is 10.8. The standard InChI is InChI=1S/C11H8BrNO2/c12-8-4-7(5-9(13)6-8)11(14)10-2-1-3-15-10/h1-6H,13H2. The van der Waals surface area contributed by atoms with E-state index in [1.54, 1.807) is 30.3 Å². The van der Waals surface area contributed by atoms with Gasteiger partial charge in [-0.1, -0.05) is 15.9 Å². The number of furan rings is 1. The summed E-state index contributed by atoms with van der Waals surface area (Å²) in [6.45, 7) is 0. The van der Waals surface area contributed by atoms with Crippen LogP contribution in [0.5, 0.6) is 0 Å². The summed E-state index contributed by atoms with van der Waals surface area (Å²) in [6.07, 6.45) is 1.47. The third-order valence-electron chi connectivity index (χ3n) is 1.93. The van der Waals surface area contributed by atoms with Crippen LogP contribution in [-0.4, -0.2) is 5.78 Å². The molecule has 0 unspecified atom stereocenters. The molecular formula is C11H8BrNO2. The van der Waals surface area contributed by atoms with Crippen LogP contribution in [0.25, 0.3) is 0 Å². The SMILES string of the molecule is Nc1cc(Br)cc(C(=O)c2ccco2)c1. The summed E-state index contributed by atoms with van der Waals surface area (Å²) in [7, 11) is 0. The molecule has 76 valence electrons. The van der Waals surface area contributed by atoms with Crippen molar-refractivity contribution in [2.24, 2.45) is 0 Å². The summed E-state index contributed by atoms with van der Waals surface area (Å²) in [5, 5.41) is 0. The third-order valence-corrected chi connectivity index (χ3v) is 2.39. The second-order valence-corrected chi connectivity index (χ2v) is 4.00. The number of ketones is 1. The van der Waals surface area contributed by atoms with Crippen molar-refractivity contribution in [3.63, 3.8) is 0 Å². The van der Waals surface area contributed by atoms with Gasteiger partial charge in [0, 0.05) is 15.7 Å². The molecule has 0 spiro atoms. The van der Waals surface area contributed by atoms with Gasteiger partial charge in [0.15, 0.2) is 5.76 Å². The second kappa shape index (κ2) is 3.90. The van der Waals surface area contributed by atoms with Gasteiger partial charge in [0.1, 0.15) is 0 Å². The van der Waals surface area contributed by atoms with Crippen molar-refractivity contribution in [3.8, 4) is 0 Å². The molecule has 0 fully saturated rings. The van der Waals surface area contributed by atoms with Crippen molar-refractivity contribution in [2.45, 2.75) is 0 Å². The van der Waals surface area contributed by atoms with Crippen molar-refractivity contribution in [1.82, 2.24) is 0 Å². The first-order chi connectivity index (χ1) is 7.16. The molecule has 0 amide bonds.